The molecule has 12 nitrogen and oxygen atoms in total. The molecule has 0 saturated heterocycles. The van der Waals surface area contributed by atoms with Gasteiger partial charge in [0.2, 0.25) is 5.96 Å². The fourth-order valence-electron chi connectivity index (χ4n) is 5.77. The third kappa shape index (κ3) is 7.40. The summed E-state index contributed by atoms with van der Waals surface area (Å²) in [6.45, 7) is 1.56. The lowest BCUT2D eigenvalue weighted by Crippen LogP contribution is -2.51. The van der Waals surface area contributed by atoms with Gasteiger partial charge in [0, 0.05) is 10.0 Å². The molecule has 0 radical (unpaired) electrons. The molecule has 50 heavy (non-hydrogen) atoms. The number of carbonyl (C=O) groups is 3. The second-order valence-corrected chi connectivity index (χ2v) is 14.3. The average Bonchev–Trinajstić information content (AvgIpc) is 3.54. The first-order valence-electron chi connectivity index (χ1n) is 15.0. The summed E-state index contributed by atoms with van der Waals surface area (Å²) < 4.78 is 74.7. The number of aliphatic imine (C=N–C) groups is 1. The van der Waals surface area contributed by atoms with Crippen LogP contribution in [0.4, 0.5) is 31.5 Å². The topological polar surface area (TPSA) is 151 Å². The van der Waals surface area contributed by atoms with Crippen molar-refractivity contribution in [1.29, 1.82) is 0 Å². The summed E-state index contributed by atoms with van der Waals surface area (Å²) >= 11 is 9.75. The quantitative estimate of drug-likeness (QED) is 0.191. The van der Waals surface area contributed by atoms with Gasteiger partial charge in [0.1, 0.15) is 18.5 Å². The van der Waals surface area contributed by atoms with Crippen LogP contribution in [0.1, 0.15) is 63.8 Å². The maximum atomic E-state index is 14.8. The number of hydrogen-bond acceptors (Lipinski definition) is 7. The number of hydrogen-bond donors (Lipinski definition) is 3. The fraction of sp³-hybridized carbons (Fsp3) is 0.419. The Kier molecular flexibility index (Phi) is 9.92. The van der Waals surface area contributed by atoms with E-state index in [4.69, 9.17) is 16.3 Å². The fourth-order valence-corrected chi connectivity index (χ4v) is 6.23. The lowest BCUT2D eigenvalue weighted by Gasteiger charge is -2.35. The Morgan fingerprint density at radius 3 is 2.34 bits per heavy atom. The van der Waals surface area contributed by atoms with Gasteiger partial charge in [-0.2, -0.15) is 31.7 Å². The number of halogens is 7. The molecule has 1 saturated carbocycles. The predicted molar refractivity (Wildman–Crippen MR) is 172 cm³/mol. The number of amides is 3. The summed E-state index contributed by atoms with van der Waals surface area (Å²) in [5.74, 6) is -1.62. The van der Waals surface area contributed by atoms with E-state index >= 15 is 0 Å². The highest BCUT2D eigenvalue weighted by molar-refractivity contribution is 9.10. The lowest BCUT2D eigenvalue weighted by molar-refractivity contribution is -0.164. The summed E-state index contributed by atoms with van der Waals surface area (Å²) in [5, 5.41) is 17.2. The lowest BCUT2D eigenvalue weighted by atomic mass is 9.75. The number of carbonyl (C=O) groups excluding carboxylic acids is 2. The molecule has 3 aromatic rings. The Morgan fingerprint density at radius 1 is 1.12 bits per heavy atom. The van der Waals surface area contributed by atoms with E-state index in [2.05, 4.69) is 36.3 Å². The van der Waals surface area contributed by atoms with Crippen LogP contribution in [0, 0.1) is 5.41 Å². The molecular formula is C31H30BrClF5N7O5. The molecule has 1 unspecified atom stereocenters. The molecule has 1 aromatic heterocycles. The normalized spacial score (nSPS) is 19.3. The van der Waals surface area contributed by atoms with Crippen LogP contribution in [0.2, 0.25) is 5.02 Å². The van der Waals surface area contributed by atoms with Crippen LogP contribution in [0.15, 0.2) is 58.3 Å². The van der Waals surface area contributed by atoms with Crippen LogP contribution in [-0.4, -0.2) is 67.1 Å². The van der Waals surface area contributed by atoms with Crippen LogP contribution in [0.3, 0.4) is 0 Å². The molecule has 0 spiro atoms. The van der Waals surface area contributed by atoms with Gasteiger partial charge in [-0.15, -0.1) is 0 Å². The van der Waals surface area contributed by atoms with E-state index in [9.17, 15) is 41.4 Å². The van der Waals surface area contributed by atoms with Gasteiger partial charge in [0.05, 0.1) is 11.1 Å². The van der Waals surface area contributed by atoms with Crippen molar-refractivity contribution in [3.05, 3.63) is 69.4 Å². The van der Waals surface area contributed by atoms with Crippen molar-refractivity contribution in [3.8, 4) is 11.4 Å². The second kappa shape index (κ2) is 13.4. The summed E-state index contributed by atoms with van der Waals surface area (Å²) in [6.07, 6.45) is -7.64. The van der Waals surface area contributed by atoms with Gasteiger partial charge in [-0.25, -0.2) is 19.6 Å². The maximum Gasteiger partial charge on any atom is 0.411 e. The Morgan fingerprint density at radius 2 is 1.78 bits per heavy atom. The number of nitrogens with zero attached hydrogens (tertiary/aromatic N) is 5. The minimum Gasteiger partial charge on any atom is -0.465 e. The Balaban J connectivity index is 1.64. The third-order valence-corrected chi connectivity index (χ3v) is 8.97. The van der Waals surface area contributed by atoms with Gasteiger partial charge in [-0.05, 0) is 60.1 Å². The smallest absolute Gasteiger partial charge is 0.411 e. The number of guanidine groups is 1. The first kappa shape index (κ1) is 36.9. The molecule has 19 heteroatoms. The van der Waals surface area contributed by atoms with E-state index in [1.54, 1.807) is 24.3 Å². The molecule has 0 bridgehead atoms. The largest absolute Gasteiger partial charge is 0.465 e. The summed E-state index contributed by atoms with van der Waals surface area (Å²) in [7, 11) is 0. The highest BCUT2D eigenvalue weighted by Gasteiger charge is 2.64. The van der Waals surface area contributed by atoms with Crippen molar-refractivity contribution in [2.45, 2.75) is 69.9 Å². The minimum absolute atomic E-state index is 0.0489. The van der Waals surface area contributed by atoms with Gasteiger partial charge in [0.25, 0.3) is 5.91 Å². The zero-order chi connectivity index (χ0) is 36.8. The van der Waals surface area contributed by atoms with Crippen molar-refractivity contribution in [2.24, 2.45) is 10.4 Å². The van der Waals surface area contributed by atoms with Gasteiger partial charge in [-0.3, -0.25) is 15.0 Å². The monoisotopic (exact) mass is 789 g/mol. The molecule has 5 rings (SSSR count). The minimum atomic E-state index is -4.76. The molecule has 2 aromatic carbocycles. The van der Waals surface area contributed by atoms with Crippen molar-refractivity contribution in [3.63, 3.8) is 0 Å². The summed E-state index contributed by atoms with van der Waals surface area (Å²) in [4.78, 5) is 49.2. The van der Waals surface area contributed by atoms with Crippen molar-refractivity contribution < 1.29 is 46.2 Å². The zero-order valence-electron chi connectivity index (χ0n) is 26.6. The number of rotatable bonds is 9. The second-order valence-electron chi connectivity index (χ2n) is 13.0. The van der Waals surface area contributed by atoms with Crippen LogP contribution < -0.4 is 10.6 Å². The van der Waals surface area contributed by atoms with E-state index in [0.29, 0.717) is 10.0 Å². The van der Waals surface area contributed by atoms with E-state index in [1.807, 2.05) is 26.1 Å². The molecule has 268 valence electrons. The van der Waals surface area contributed by atoms with Gasteiger partial charge >= 0.3 is 24.9 Å². The van der Waals surface area contributed by atoms with Crippen LogP contribution in [0.25, 0.3) is 11.4 Å². The standard InChI is InChI=1S/C31H30BrClF5N7O5/c1-28(2,3)14-30(17-5-7-18(32)8-6-17)23(46)44(25(42-30)41-26(47)48)21(13-50-27(49)43-29(10-11-29)31(36,37)38)16-4-9-20(33)19(12-16)22-39-15-40-45(22)24(34)35/h4-9,12,15,21,24H,10-11,13-14H2,1-3H3,(H,41,42)(H,43,49)(H,47,48)/t21?,30-/m1/s1. The number of nitrogens with one attached hydrogen (secondary N) is 2. The summed E-state index contributed by atoms with van der Waals surface area (Å²) in [5.41, 5.74) is -4.46. The van der Waals surface area contributed by atoms with Crippen molar-refractivity contribution >= 4 is 51.6 Å². The van der Waals surface area contributed by atoms with E-state index in [0.717, 1.165) is 11.2 Å². The number of alkyl halides is 5. The van der Waals surface area contributed by atoms with Crippen LogP contribution in [-0.2, 0) is 15.1 Å². The Hall–Kier alpha value is -4.32. The van der Waals surface area contributed by atoms with Crippen molar-refractivity contribution in [2.75, 3.05) is 6.61 Å². The van der Waals surface area contributed by atoms with Gasteiger partial charge < -0.3 is 15.2 Å². The van der Waals surface area contributed by atoms with E-state index in [-0.39, 0.29) is 45.9 Å². The third-order valence-electron chi connectivity index (χ3n) is 8.12. The Bertz CT molecular complexity index is 1830. The summed E-state index contributed by atoms with van der Waals surface area (Å²) in [6, 6.07) is 8.99. The predicted octanol–water partition coefficient (Wildman–Crippen LogP) is 7.42. The molecule has 3 amide bonds. The molecule has 2 atom stereocenters. The highest BCUT2D eigenvalue weighted by Crippen LogP contribution is 2.49. The zero-order valence-corrected chi connectivity index (χ0v) is 28.9. The van der Waals surface area contributed by atoms with E-state index < -0.39 is 65.9 Å². The van der Waals surface area contributed by atoms with Crippen LogP contribution in [0.5, 0.6) is 0 Å². The first-order chi connectivity index (χ1) is 23.3. The Labute approximate surface area is 295 Å². The van der Waals surface area contributed by atoms with Gasteiger partial charge in [0.15, 0.2) is 11.4 Å². The molecule has 2 aliphatic rings. The molecule has 1 fully saturated rings. The molecule has 1 aliphatic heterocycles. The molecular weight excluding hydrogens is 761 g/mol. The molecule has 1 aliphatic carbocycles. The van der Waals surface area contributed by atoms with Crippen molar-refractivity contribution in [1.82, 2.24) is 30.3 Å². The molecule has 2 heterocycles. The SMILES string of the molecule is CC(C)(C)C[C@]1(c2ccc(Br)cc2)N=C(NC(=O)O)N(C(COC(=O)NC2(C(F)(F)F)CC2)c2ccc(Cl)c(-c3ncnn3C(F)F)c2)C1=O. The van der Waals surface area contributed by atoms with E-state index in [1.165, 1.54) is 18.2 Å². The number of ether oxygens (including phenoxy) is 1. The van der Waals surface area contributed by atoms with Crippen LogP contribution >= 0.6 is 27.5 Å². The number of benzene rings is 2. The molecule has 3 N–H and O–H groups in total. The maximum absolute atomic E-state index is 14.8. The first-order valence-corrected chi connectivity index (χ1v) is 16.1. The average molecular weight is 791 g/mol. The van der Waals surface area contributed by atoms with Gasteiger partial charge in [-0.1, -0.05) is 66.5 Å². The highest BCUT2D eigenvalue weighted by atomic mass is 79.9. The number of carboxylic acid groups (broad SMARTS) is 1. The number of alkyl carbamates (subject to hydrolysis) is 1. The number of aromatic nitrogens is 3.